The number of amidine groups is 1. The van der Waals surface area contributed by atoms with E-state index in [0.717, 1.165) is 5.56 Å². The lowest BCUT2D eigenvalue weighted by molar-refractivity contribution is 0.0517. The number of carbonyl (C=O) groups is 1. The van der Waals surface area contributed by atoms with Crippen molar-refractivity contribution in [2.45, 2.75) is 38.8 Å². The minimum atomic E-state index is -0.571. The molecule has 19 heavy (non-hydrogen) atoms. The Bertz CT molecular complexity index is 438. The van der Waals surface area contributed by atoms with Gasteiger partial charge in [0.15, 0.2) is 0 Å². The van der Waals surface area contributed by atoms with Gasteiger partial charge in [-0.2, -0.15) is 0 Å². The molecule has 5 heteroatoms. The molecule has 0 radical (unpaired) electrons. The molecule has 1 aromatic rings. The Hall–Kier alpha value is -2.04. The maximum atomic E-state index is 11.7. The van der Waals surface area contributed by atoms with Crippen molar-refractivity contribution in [2.75, 3.05) is 0 Å². The number of nitrogens with two attached hydrogens (primary N) is 1. The smallest absolute Gasteiger partial charge is 0.408 e. The Morgan fingerprint density at radius 3 is 2.42 bits per heavy atom. The molecule has 0 heterocycles. The van der Waals surface area contributed by atoms with Gasteiger partial charge in [-0.25, -0.2) is 4.79 Å². The van der Waals surface area contributed by atoms with Crippen molar-refractivity contribution in [3.8, 4) is 0 Å². The summed E-state index contributed by atoms with van der Waals surface area (Å²) in [5, 5.41) is 10.1. The Morgan fingerprint density at radius 1 is 1.37 bits per heavy atom. The molecule has 0 aliphatic rings. The SMILES string of the molecule is CC(C)(C)OC(=O)NC(Cc1ccccc1)C(=N)N. The van der Waals surface area contributed by atoms with E-state index in [9.17, 15) is 4.79 Å². The van der Waals surface area contributed by atoms with Gasteiger partial charge in [0.25, 0.3) is 0 Å². The molecule has 1 rings (SSSR count). The predicted molar refractivity (Wildman–Crippen MR) is 75.2 cm³/mol. The van der Waals surface area contributed by atoms with E-state index in [2.05, 4.69) is 5.32 Å². The third kappa shape index (κ3) is 5.90. The summed E-state index contributed by atoms with van der Waals surface area (Å²) in [4.78, 5) is 11.7. The standard InChI is InChI=1S/C14H21N3O2/c1-14(2,3)19-13(18)17-11(12(15)16)9-10-7-5-4-6-8-10/h4-8,11H,9H2,1-3H3,(H3,15,16)(H,17,18). The predicted octanol–water partition coefficient (Wildman–Crippen LogP) is 2.06. The van der Waals surface area contributed by atoms with Crippen LogP contribution in [-0.4, -0.2) is 23.6 Å². The van der Waals surface area contributed by atoms with Gasteiger partial charge in [-0.05, 0) is 32.8 Å². The van der Waals surface area contributed by atoms with Crippen LogP contribution in [-0.2, 0) is 11.2 Å². The summed E-state index contributed by atoms with van der Waals surface area (Å²) in [5.41, 5.74) is 5.94. The maximum Gasteiger partial charge on any atom is 0.408 e. The van der Waals surface area contributed by atoms with Crippen LogP contribution in [0.25, 0.3) is 0 Å². The number of benzene rings is 1. The number of amides is 1. The van der Waals surface area contributed by atoms with Crippen molar-refractivity contribution < 1.29 is 9.53 Å². The first-order valence-corrected chi connectivity index (χ1v) is 6.15. The summed E-state index contributed by atoms with van der Waals surface area (Å²) in [5.74, 6) is -0.0882. The molecule has 0 fully saturated rings. The minimum Gasteiger partial charge on any atom is -0.444 e. The summed E-state index contributed by atoms with van der Waals surface area (Å²) in [6, 6.07) is 9.00. The molecule has 0 aliphatic carbocycles. The number of hydrogen-bond donors (Lipinski definition) is 3. The Labute approximate surface area is 113 Å². The highest BCUT2D eigenvalue weighted by molar-refractivity contribution is 5.86. The Kier molecular flexibility index (Phi) is 4.92. The average Bonchev–Trinajstić information content (AvgIpc) is 2.26. The number of ether oxygens (including phenoxy) is 1. The molecule has 1 unspecified atom stereocenters. The molecule has 5 nitrogen and oxygen atoms in total. The van der Waals surface area contributed by atoms with E-state index in [1.54, 1.807) is 20.8 Å². The van der Waals surface area contributed by atoms with Gasteiger partial charge in [-0.15, -0.1) is 0 Å². The number of hydrogen-bond acceptors (Lipinski definition) is 3. The molecule has 0 aliphatic heterocycles. The monoisotopic (exact) mass is 263 g/mol. The summed E-state index contributed by atoms with van der Waals surface area (Å²) in [6.07, 6.45) is -0.0984. The fourth-order valence-corrected chi connectivity index (χ4v) is 1.54. The van der Waals surface area contributed by atoms with Crippen molar-refractivity contribution in [3.05, 3.63) is 35.9 Å². The highest BCUT2D eigenvalue weighted by Crippen LogP contribution is 2.08. The van der Waals surface area contributed by atoms with Crippen LogP contribution in [0, 0.1) is 5.41 Å². The van der Waals surface area contributed by atoms with Crippen molar-refractivity contribution in [1.82, 2.24) is 5.32 Å². The van der Waals surface area contributed by atoms with Crippen molar-refractivity contribution in [2.24, 2.45) is 5.73 Å². The first-order valence-electron chi connectivity index (χ1n) is 6.15. The van der Waals surface area contributed by atoms with Crippen molar-refractivity contribution in [1.29, 1.82) is 5.41 Å². The van der Waals surface area contributed by atoms with Gasteiger partial charge in [0.05, 0.1) is 6.04 Å². The van der Waals surface area contributed by atoms with Gasteiger partial charge in [-0.1, -0.05) is 30.3 Å². The van der Waals surface area contributed by atoms with Gasteiger partial charge in [0.2, 0.25) is 0 Å². The molecule has 104 valence electrons. The molecule has 0 saturated carbocycles. The van der Waals surface area contributed by atoms with E-state index in [1.165, 1.54) is 0 Å². The number of nitrogens with one attached hydrogen (secondary N) is 2. The summed E-state index contributed by atoms with van der Waals surface area (Å²) in [6.45, 7) is 5.35. The second-order valence-electron chi connectivity index (χ2n) is 5.34. The Morgan fingerprint density at radius 2 is 1.95 bits per heavy atom. The first kappa shape index (κ1) is 15.0. The first-order chi connectivity index (χ1) is 8.78. The number of rotatable bonds is 4. The van der Waals surface area contributed by atoms with Gasteiger partial charge in [-0.3, -0.25) is 5.41 Å². The van der Waals surface area contributed by atoms with Crippen LogP contribution < -0.4 is 11.1 Å². The van der Waals surface area contributed by atoms with Crippen molar-refractivity contribution in [3.63, 3.8) is 0 Å². The molecular formula is C14H21N3O2. The number of carbonyl (C=O) groups excluding carboxylic acids is 1. The third-order valence-corrected chi connectivity index (χ3v) is 2.35. The lowest BCUT2D eigenvalue weighted by Crippen LogP contribution is -2.47. The largest absolute Gasteiger partial charge is 0.444 e. The van der Waals surface area contributed by atoms with Gasteiger partial charge in [0.1, 0.15) is 11.4 Å². The third-order valence-electron chi connectivity index (χ3n) is 2.35. The van der Waals surface area contributed by atoms with Crippen LogP contribution >= 0.6 is 0 Å². The van der Waals surface area contributed by atoms with Crippen molar-refractivity contribution >= 4 is 11.9 Å². The molecule has 1 atom stereocenters. The number of alkyl carbamates (subject to hydrolysis) is 1. The Balaban J connectivity index is 2.64. The van der Waals surface area contributed by atoms with Crippen LogP contribution in [0.1, 0.15) is 26.3 Å². The zero-order chi connectivity index (χ0) is 14.5. The van der Waals surface area contributed by atoms with E-state index < -0.39 is 17.7 Å². The van der Waals surface area contributed by atoms with Gasteiger partial charge < -0.3 is 15.8 Å². The van der Waals surface area contributed by atoms with Crippen LogP contribution in [0.3, 0.4) is 0 Å². The van der Waals surface area contributed by atoms with E-state index in [0.29, 0.717) is 6.42 Å². The molecule has 0 aromatic heterocycles. The van der Waals surface area contributed by atoms with Crippen LogP contribution in [0.4, 0.5) is 4.79 Å². The topological polar surface area (TPSA) is 88.2 Å². The molecule has 4 N–H and O–H groups in total. The molecule has 0 spiro atoms. The minimum absolute atomic E-state index is 0.0882. The normalized spacial score (nSPS) is 12.6. The summed E-state index contributed by atoms with van der Waals surface area (Å²) in [7, 11) is 0. The molecule has 0 saturated heterocycles. The summed E-state index contributed by atoms with van der Waals surface area (Å²) >= 11 is 0. The van der Waals surface area contributed by atoms with Crippen LogP contribution in [0.15, 0.2) is 30.3 Å². The molecule has 1 aromatic carbocycles. The average molecular weight is 263 g/mol. The quantitative estimate of drug-likeness (QED) is 0.574. The highest BCUT2D eigenvalue weighted by Gasteiger charge is 2.21. The second-order valence-corrected chi connectivity index (χ2v) is 5.34. The second kappa shape index (κ2) is 6.22. The zero-order valence-corrected chi connectivity index (χ0v) is 11.6. The van der Waals surface area contributed by atoms with E-state index in [-0.39, 0.29) is 5.84 Å². The molecular weight excluding hydrogens is 242 g/mol. The maximum absolute atomic E-state index is 11.7. The molecule has 1 amide bonds. The lowest BCUT2D eigenvalue weighted by Gasteiger charge is -2.23. The zero-order valence-electron chi connectivity index (χ0n) is 11.6. The van der Waals surface area contributed by atoms with E-state index in [4.69, 9.17) is 15.9 Å². The molecule has 0 bridgehead atoms. The van der Waals surface area contributed by atoms with Crippen LogP contribution in [0.2, 0.25) is 0 Å². The fraction of sp³-hybridized carbons (Fsp3) is 0.429. The van der Waals surface area contributed by atoms with E-state index >= 15 is 0 Å². The van der Waals surface area contributed by atoms with Gasteiger partial charge >= 0.3 is 6.09 Å². The van der Waals surface area contributed by atoms with Crippen LogP contribution in [0.5, 0.6) is 0 Å². The highest BCUT2D eigenvalue weighted by atomic mass is 16.6. The lowest BCUT2D eigenvalue weighted by atomic mass is 10.1. The van der Waals surface area contributed by atoms with Gasteiger partial charge in [0, 0.05) is 0 Å². The van der Waals surface area contributed by atoms with E-state index in [1.807, 2.05) is 30.3 Å². The fourth-order valence-electron chi connectivity index (χ4n) is 1.54. The summed E-state index contributed by atoms with van der Waals surface area (Å²) < 4.78 is 5.15.